The fraction of sp³-hybridized carbons (Fsp3) is 0.407. The summed E-state index contributed by atoms with van der Waals surface area (Å²) >= 11 is 3.84. The summed E-state index contributed by atoms with van der Waals surface area (Å²) < 4.78 is 12.1. The molecule has 1 aliphatic rings. The molecule has 2 aromatic carbocycles. The molecule has 1 saturated carbocycles. The van der Waals surface area contributed by atoms with Crippen LogP contribution in [0.4, 0.5) is 0 Å². The van der Waals surface area contributed by atoms with E-state index in [4.69, 9.17) is 14.5 Å². The Balaban J connectivity index is 1.62. The molecule has 0 spiro atoms. The average Bonchev–Trinajstić information content (AvgIpc) is 3.56. The molecule has 1 heterocycles. The molecule has 0 bridgehead atoms. The SMILES string of the molecule is COc1cc(CCN(CC2CC2)C(=O)c2nc(C)sc2-c2ccc(C)c(C)c2)c(OC)cc1I. The largest absolute Gasteiger partial charge is 0.496 e. The van der Waals surface area contributed by atoms with Gasteiger partial charge < -0.3 is 14.4 Å². The van der Waals surface area contributed by atoms with E-state index in [1.54, 1.807) is 25.6 Å². The van der Waals surface area contributed by atoms with Crippen LogP contribution in [-0.4, -0.2) is 43.1 Å². The summed E-state index contributed by atoms with van der Waals surface area (Å²) in [7, 11) is 3.36. The van der Waals surface area contributed by atoms with Crippen LogP contribution in [0.25, 0.3) is 10.4 Å². The Labute approximate surface area is 219 Å². The molecule has 0 N–H and O–H groups in total. The highest BCUT2D eigenvalue weighted by Crippen LogP contribution is 2.35. The number of aromatic nitrogens is 1. The molecule has 0 aliphatic heterocycles. The molecule has 1 aliphatic carbocycles. The topological polar surface area (TPSA) is 51.7 Å². The van der Waals surface area contributed by atoms with Gasteiger partial charge in [0.15, 0.2) is 0 Å². The van der Waals surface area contributed by atoms with E-state index < -0.39 is 0 Å². The summed E-state index contributed by atoms with van der Waals surface area (Å²) in [5.74, 6) is 2.25. The number of hydrogen-bond donors (Lipinski definition) is 0. The van der Waals surface area contributed by atoms with Crippen LogP contribution in [0.2, 0.25) is 0 Å². The van der Waals surface area contributed by atoms with Crippen LogP contribution in [0.15, 0.2) is 30.3 Å². The van der Waals surface area contributed by atoms with Gasteiger partial charge in [-0.3, -0.25) is 4.79 Å². The zero-order chi connectivity index (χ0) is 24.4. The smallest absolute Gasteiger partial charge is 0.274 e. The molecule has 7 heteroatoms. The average molecular weight is 591 g/mol. The lowest BCUT2D eigenvalue weighted by Crippen LogP contribution is -2.35. The van der Waals surface area contributed by atoms with Gasteiger partial charge in [-0.1, -0.05) is 18.2 Å². The van der Waals surface area contributed by atoms with Crippen molar-refractivity contribution in [2.75, 3.05) is 27.3 Å². The Morgan fingerprint density at radius 2 is 1.82 bits per heavy atom. The number of rotatable bonds is 9. The summed E-state index contributed by atoms with van der Waals surface area (Å²) in [6.45, 7) is 7.56. The maximum absolute atomic E-state index is 13.8. The third-order valence-electron chi connectivity index (χ3n) is 6.37. The Hall–Kier alpha value is -2.13. The fourth-order valence-electron chi connectivity index (χ4n) is 4.06. The summed E-state index contributed by atoms with van der Waals surface area (Å²) in [5, 5.41) is 0.909. The van der Waals surface area contributed by atoms with Crippen molar-refractivity contribution in [3.05, 3.63) is 61.3 Å². The van der Waals surface area contributed by atoms with Crippen LogP contribution in [0.1, 0.15) is 45.0 Å². The van der Waals surface area contributed by atoms with Gasteiger partial charge in [0, 0.05) is 13.1 Å². The maximum atomic E-state index is 13.8. The van der Waals surface area contributed by atoms with Gasteiger partial charge in [0.2, 0.25) is 0 Å². The second-order valence-electron chi connectivity index (χ2n) is 8.95. The third-order valence-corrected chi connectivity index (χ3v) is 8.24. The summed E-state index contributed by atoms with van der Waals surface area (Å²) in [6.07, 6.45) is 3.06. The zero-order valence-corrected chi connectivity index (χ0v) is 23.4. The molecule has 1 fully saturated rings. The van der Waals surface area contributed by atoms with Gasteiger partial charge in [0.25, 0.3) is 5.91 Å². The van der Waals surface area contributed by atoms with Crippen molar-refractivity contribution in [3.8, 4) is 21.9 Å². The third kappa shape index (κ3) is 5.57. The van der Waals surface area contributed by atoms with E-state index in [1.165, 1.54) is 24.0 Å². The molecule has 4 rings (SSSR count). The molecule has 34 heavy (non-hydrogen) atoms. The van der Waals surface area contributed by atoms with Crippen LogP contribution in [0.3, 0.4) is 0 Å². The number of aryl methyl sites for hydroxylation is 3. The van der Waals surface area contributed by atoms with Gasteiger partial charge in [0.05, 0.1) is 27.7 Å². The first-order valence-corrected chi connectivity index (χ1v) is 13.4. The van der Waals surface area contributed by atoms with Crippen LogP contribution >= 0.6 is 33.9 Å². The van der Waals surface area contributed by atoms with Crippen LogP contribution in [0.5, 0.6) is 11.5 Å². The Bertz CT molecular complexity index is 1200. The Morgan fingerprint density at radius 3 is 2.47 bits per heavy atom. The van der Waals surface area contributed by atoms with E-state index in [9.17, 15) is 4.79 Å². The molecule has 0 saturated heterocycles. The molecule has 1 amide bonds. The van der Waals surface area contributed by atoms with E-state index >= 15 is 0 Å². The molecular formula is C27H31IN2O3S. The van der Waals surface area contributed by atoms with Crippen molar-refractivity contribution in [1.82, 2.24) is 9.88 Å². The normalized spacial score (nSPS) is 13.1. The number of nitrogens with zero attached hydrogens (tertiary/aromatic N) is 2. The summed E-state index contributed by atoms with van der Waals surface area (Å²) in [5.41, 5.74) is 5.13. The first kappa shape index (κ1) is 25.0. The number of carbonyl (C=O) groups is 1. The minimum Gasteiger partial charge on any atom is -0.496 e. The molecule has 0 radical (unpaired) electrons. The first-order valence-electron chi connectivity index (χ1n) is 11.6. The highest BCUT2D eigenvalue weighted by atomic mass is 127. The minimum atomic E-state index is 0.0147. The minimum absolute atomic E-state index is 0.0147. The first-order chi connectivity index (χ1) is 16.3. The van der Waals surface area contributed by atoms with Crippen molar-refractivity contribution in [1.29, 1.82) is 0 Å². The van der Waals surface area contributed by atoms with Crippen molar-refractivity contribution >= 4 is 39.8 Å². The highest BCUT2D eigenvalue weighted by Gasteiger charge is 2.30. The van der Waals surface area contributed by atoms with Crippen molar-refractivity contribution < 1.29 is 14.3 Å². The number of methoxy groups -OCH3 is 2. The van der Waals surface area contributed by atoms with Crippen LogP contribution in [-0.2, 0) is 6.42 Å². The Morgan fingerprint density at radius 1 is 1.09 bits per heavy atom. The van der Waals surface area contributed by atoms with Crippen molar-refractivity contribution in [3.63, 3.8) is 0 Å². The van der Waals surface area contributed by atoms with E-state index in [2.05, 4.69) is 54.6 Å². The molecule has 180 valence electrons. The van der Waals surface area contributed by atoms with E-state index in [1.807, 2.05) is 24.0 Å². The number of amides is 1. The molecular weight excluding hydrogens is 559 g/mol. The standard InChI is InChI=1S/C27H31IN2O3S/c1-16-6-9-21(12-17(16)2)26-25(29-18(3)34-26)27(31)30(15-19-7-8-19)11-10-20-13-24(33-5)22(28)14-23(20)32-4/h6,9,12-14,19H,7-8,10-11,15H2,1-5H3. The highest BCUT2D eigenvalue weighted by molar-refractivity contribution is 14.1. The number of benzene rings is 2. The lowest BCUT2D eigenvalue weighted by Gasteiger charge is -2.23. The quantitative estimate of drug-likeness (QED) is 0.269. The number of carbonyl (C=O) groups excluding carboxylic acids is 1. The van der Waals surface area contributed by atoms with Crippen molar-refractivity contribution in [2.24, 2.45) is 5.92 Å². The lowest BCUT2D eigenvalue weighted by atomic mass is 10.0. The van der Waals surface area contributed by atoms with Crippen LogP contribution < -0.4 is 9.47 Å². The number of hydrogen-bond acceptors (Lipinski definition) is 5. The van der Waals surface area contributed by atoms with Crippen molar-refractivity contribution in [2.45, 2.75) is 40.0 Å². The summed E-state index contributed by atoms with van der Waals surface area (Å²) in [4.78, 5) is 21.5. The number of ether oxygens (including phenoxy) is 2. The number of thiazole rings is 1. The molecule has 1 aromatic heterocycles. The second kappa shape index (κ2) is 10.6. The maximum Gasteiger partial charge on any atom is 0.274 e. The van der Waals surface area contributed by atoms with E-state index in [0.717, 1.165) is 42.6 Å². The second-order valence-corrected chi connectivity index (χ2v) is 11.3. The van der Waals surface area contributed by atoms with Gasteiger partial charge in [-0.25, -0.2) is 4.98 Å². The molecule has 5 nitrogen and oxygen atoms in total. The fourth-order valence-corrected chi connectivity index (χ4v) is 5.63. The Kier molecular flexibility index (Phi) is 7.82. The van der Waals surface area contributed by atoms with Gasteiger partial charge in [-0.15, -0.1) is 11.3 Å². The predicted octanol–water partition coefficient (Wildman–Crippen LogP) is 6.45. The van der Waals surface area contributed by atoms with E-state index in [0.29, 0.717) is 24.6 Å². The molecule has 0 unspecified atom stereocenters. The predicted molar refractivity (Wildman–Crippen MR) is 146 cm³/mol. The zero-order valence-electron chi connectivity index (χ0n) is 20.4. The molecule has 3 aromatic rings. The van der Waals surface area contributed by atoms with Gasteiger partial charge in [-0.2, -0.15) is 0 Å². The van der Waals surface area contributed by atoms with Gasteiger partial charge in [0.1, 0.15) is 17.2 Å². The lowest BCUT2D eigenvalue weighted by molar-refractivity contribution is 0.0744. The van der Waals surface area contributed by atoms with Gasteiger partial charge in [-0.05, 0) is 103 Å². The van der Waals surface area contributed by atoms with Crippen LogP contribution in [0, 0.1) is 30.3 Å². The van der Waals surface area contributed by atoms with E-state index in [-0.39, 0.29) is 5.91 Å². The van der Waals surface area contributed by atoms with Gasteiger partial charge >= 0.3 is 0 Å². The summed E-state index contributed by atoms with van der Waals surface area (Å²) in [6, 6.07) is 10.4. The number of halogens is 1. The molecule has 0 atom stereocenters. The monoisotopic (exact) mass is 590 g/mol.